The van der Waals surface area contributed by atoms with E-state index in [9.17, 15) is 4.39 Å². The zero-order valence-corrected chi connectivity index (χ0v) is 19.9. The summed E-state index contributed by atoms with van der Waals surface area (Å²) in [6, 6.07) is 35.0. The molecule has 2 nitrogen and oxygen atoms in total. The predicted octanol–water partition coefficient (Wildman–Crippen LogP) is 7.21. The third-order valence-electron chi connectivity index (χ3n) is 4.67. The van der Waals surface area contributed by atoms with Crippen LogP contribution in [0.4, 0.5) is 4.39 Å². The van der Waals surface area contributed by atoms with Crippen LogP contribution in [0.1, 0.15) is 9.68 Å². The second-order valence-corrected chi connectivity index (χ2v) is 6.92. The molecule has 0 unspecified atom stereocenters. The van der Waals surface area contributed by atoms with Crippen LogP contribution in [-0.2, 0) is 20.1 Å². The maximum Gasteiger partial charge on any atom is 0.123 e. The molecule has 0 spiro atoms. The number of rotatable bonds is 3. The molecule has 5 aromatic rings. The van der Waals surface area contributed by atoms with Crippen LogP contribution in [0.3, 0.4) is 0 Å². The molecule has 33 heavy (non-hydrogen) atoms. The summed E-state index contributed by atoms with van der Waals surface area (Å²) >= 11 is 0. The van der Waals surface area contributed by atoms with Crippen LogP contribution in [0.25, 0.3) is 33.6 Å². The summed E-state index contributed by atoms with van der Waals surface area (Å²) in [6.45, 7) is -2.09. The van der Waals surface area contributed by atoms with E-state index in [0.717, 1.165) is 33.6 Å². The Bertz CT molecular complexity index is 1360. The van der Waals surface area contributed by atoms with Gasteiger partial charge in [0.1, 0.15) is 5.82 Å². The molecule has 2 heterocycles. The van der Waals surface area contributed by atoms with Crippen molar-refractivity contribution in [2.45, 2.75) is 6.85 Å². The van der Waals surface area contributed by atoms with Crippen molar-refractivity contribution >= 4 is 0 Å². The van der Waals surface area contributed by atoms with Gasteiger partial charge in [0.25, 0.3) is 0 Å². The quantitative estimate of drug-likeness (QED) is 0.202. The molecule has 0 fully saturated rings. The Labute approximate surface area is 211 Å². The summed E-state index contributed by atoms with van der Waals surface area (Å²) in [5.74, 6) is -0.227. The Hall–Kier alpha value is -3.46. The Morgan fingerprint density at radius 1 is 0.727 bits per heavy atom. The van der Waals surface area contributed by atoms with Gasteiger partial charge in [-0.1, -0.05) is 30.3 Å². The molecular formula is C29H21FIrN2-2. The van der Waals surface area contributed by atoms with Gasteiger partial charge in [-0.05, 0) is 53.1 Å². The van der Waals surface area contributed by atoms with E-state index < -0.39 is 6.85 Å². The standard InChI is InChI=1S/C17H11FN.C12H10N.Ir/c18-16-8-6-13(7-9-16)15-10-11-19-17(12-15)14-4-2-1-3-5-14;1-10-7-8-12(13-9-10)11-5-3-2-4-6-11;/h1-4,6-12H;2-5,7-9H,1H3;/q2*-1;/i;1D3;. The SMILES string of the molecule is Fc1ccc(-c2ccnc(-c3[c-]cccc3)c2)cc1.[2H]C([2H])([2H])c1ccc(-c2[c-]cccc2)nc1.[Ir]. The molecular weight excluding hydrogens is 588 g/mol. The van der Waals surface area contributed by atoms with Crippen molar-refractivity contribution in [2.75, 3.05) is 0 Å². The van der Waals surface area contributed by atoms with Gasteiger partial charge in [-0.2, -0.15) is 0 Å². The molecule has 5 rings (SSSR count). The molecule has 0 atom stereocenters. The number of halogens is 1. The van der Waals surface area contributed by atoms with E-state index >= 15 is 0 Å². The number of aromatic nitrogens is 2. The maximum absolute atomic E-state index is 12.9. The van der Waals surface area contributed by atoms with Gasteiger partial charge in [-0.3, -0.25) is 0 Å². The van der Waals surface area contributed by atoms with Crippen LogP contribution in [0, 0.1) is 24.8 Å². The molecule has 0 bridgehead atoms. The number of benzene rings is 3. The smallest absolute Gasteiger partial charge is 0.123 e. The normalized spacial score (nSPS) is 11.6. The van der Waals surface area contributed by atoms with Crippen molar-refractivity contribution in [3.05, 3.63) is 133 Å². The number of hydrogen-bond donors (Lipinski definition) is 0. The summed E-state index contributed by atoms with van der Waals surface area (Å²) < 4.78 is 34.6. The minimum atomic E-state index is -2.09. The molecule has 2 aromatic heterocycles. The first kappa shape index (κ1) is 20.2. The maximum atomic E-state index is 12.9. The number of pyridine rings is 2. The monoisotopic (exact) mass is 612 g/mol. The minimum Gasteiger partial charge on any atom is -0.305 e. The van der Waals surface area contributed by atoms with E-state index in [4.69, 9.17) is 4.11 Å². The Morgan fingerprint density at radius 3 is 2.00 bits per heavy atom. The van der Waals surface area contributed by atoms with E-state index in [1.807, 2.05) is 54.6 Å². The van der Waals surface area contributed by atoms with Crippen molar-refractivity contribution in [3.8, 4) is 33.6 Å². The van der Waals surface area contributed by atoms with Gasteiger partial charge in [0, 0.05) is 36.6 Å². The second kappa shape index (κ2) is 12.0. The molecule has 0 aliphatic heterocycles. The second-order valence-electron chi connectivity index (χ2n) is 6.92. The Morgan fingerprint density at radius 2 is 1.42 bits per heavy atom. The summed E-state index contributed by atoms with van der Waals surface area (Å²) in [5, 5.41) is 0. The van der Waals surface area contributed by atoms with Gasteiger partial charge in [0.05, 0.1) is 0 Å². The fourth-order valence-electron chi connectivity index (χ4n) is 3.06. The average molecular weight is 612 g/mol. The first-order chi connectivity index (χ1) is 16.9. The van der Waals surface area contributed by atoms with Gasteiger partial charge >= 0.3 is 0 Å². The van der Waals surface area contributed by atoms with E-state index in [-0.39, 0.29) is 31.5 Å². The van der Waals surface area contributed by atoms with Crippen molar-refractivity contribution in [1.29, 1.82) is 0 Å². The van der Waals surface area contributed by atoms with Crippen molar-refractivity contribution in [3.63, 3.8) is 0 Å². The Balaban J connectivity index is 0.000000198. The summed E-state index contributed by atoms with van der Waals surface area (Å²) in [7, 11) is 0. The van der Waals surface area contributed by atoms with Gasteiger partial charge < -0.3 is 9.97 Å². The molecule has 0 aliphatic rings. The molecule has 0 aliphatic carbocycles. The van der Waals surface area contributed by atoms with Gasteiger partial charge in [-0.15, -0.1) is 71.8 Å². The van der Waals surface area contributed by atoms with E-state index in [1.165, 1.54) is 18.3 Å². The molecule has 0 saturated carbocycles. The number of hydrogen-bond acceptors (Lipinski definition) is 2. The molecule has 0 amide bonds. The van der Waals surface area contributed by atoms with Crippen molar-refractivity contribution in [1.82, 2.24) is 9.97 Å². The van der Waals surface area contributed by atoms with Crippen molar-refractivity contribution in [2.24, 2.45) is 0 Å². The summed E-state index contributed by atoms with van der Waals surface area (Å²) in [4.78, 5) is 8.47. The van der Waals surface area contributed by atoms with Crippen LogP contribution < -0.4 is 0 Å². The molecule has 4 heteroatoms. The first-order valence-electron chi connectivity index (χ1n) is 11.5. The average Bonchev–Trinajstić information content (AvgIpc) is 2.90. The van der Waals surface area contributed by atoms with Crippen LogP contribution in [0.2, 0.25) is 0 Å². The number of aryl methyl sites for hydroxylation is 1. The Kier molecular flexibility index (Phi) is 7.31. The topological polar surface area (TPSA) is 25.8 Å². The predicted molar refractivity (Wildman–Crippen MR) is 127 cm³/mol. The van der Waals surface area contributed by atoms with Crippen LogP contribution >= 0.6 is 0 Å². The molecule has 165 valence electrons. The van der Waals surface area contributed by atoms with E-state index in [1.54, 1.807) is 36.5 Å². The van der Waals surface area contributed by atoms with Crippen LogP contribution in [0.15, 0.2) is 109 Å². The molecule has 0 N–H and O–H groups in total. The largest absolute Gasteiger partial charge is 0.305 e. The fourth-order valence-corrected chi connectivity index (χ4v) is 3.06. The van der Waals surface area contributed by atoms with Gasteiger partial charge in [0.15, 0.2) is 0 Å². The fraction of sp³-hybridized carbons (Fsp3) is 0.0345. The van der Waals surface area contributed by atoms with E-state index in [0.29, 0.717) is 0 Å². The molecule has 0 saturated heterocycles. The number of nitrogens with zero attached hydrogens (tertiary/aromatic N) is 2. The third-order valence-corrected chi connectivity index (χ3v) is 4.67. The third kappa shape index (κ3) is 6.76. The minimum absolute atomic E-state index is 0. The van der Waals surface area contributed by atoms with Crippen LogP contribution in [0.5, 0.6) is 0 Å². The zero-order valence-electron chi connectivity index (χ0n) is 20.5. The van der Waals surface area contributed by atoms with Crippen molar-refractivity contribution < 1.29 is 28.6 Å². The summed E-state index contributed by atoms with van der Waals surface area (Å²) in [5.41, 5.74) is 5.65. The van der Waals surface area contributed by atoms with Gasteiger partial charge in [0.2, 0.25) is 0 Å². The first-order valence-corrected chi connectivity index (χ1v) is 10.0. The zero-order chi connectivity index (χ0) is 24.7. The molecule has 1 radical (unpaired) electrons. The van der Waals surface area contributed by atoms with Crippen LogP contribution in [-0.4, -0.2) is 9.97 Å². The van der Waals surface area contributed by atoms with E-state index in [2.05, 4.69) is 22.1 Å². The summed E-state index contributed by atoms with van der Waals surface area (Å²) in [6.07, 6.45) is 3.15. The molecule has 3 aromatic carbocycles. The van der Waals surface area contributed by atoms with Gasteiger partial charge in [-0.25, -0.2) is 4.39 Å².